The van der Waals surface area contributed by atoms with Crippen LogP contribution in [0, 0.1) is 0 Å². The second kappa shape index (κ2) is 4.34. The van der Waals surface area contributed by atoms with Crippen LogP contribution in [0.4, 0.5) is 0 Å². The monoisotopic (exact) mass is 160 g/mol. The Morgan fingerprint density at radius 3 is 3.00 bits per heavy atom. The van der Waals surface area contributed by atoms with Gasteiger partial charge in [0.15, 0.2) is 0 Å². The van der Waals surface area contributed by atoms with Crippen LogP contribution < -0.4 is 5.32 Å². The maximum atomic E-state index is 4.00. The molecular weight excluding hydrogens is 148 g/mol. The van der Waals surface area contributed by atoms with E-state index >= 15 is 0 Å². The molecule has 0 atom stereocenters. The summed E-state index contributed by atoms with van der Waals surface area (Å²) in [5.74, 6) is 0. The number of rotatable bonds is 3. The molecule has 0 aliphatic rings. The average molecular weight is 160 g/mol. The number of hydrogen-bond donors (Lipinski definition) is 1. The number of aromatic nitrogens is 1. The van der Waals surface area contributed by atoms with Crippen molar-refractivity contribution in [2.45, 2.75) is 0 Å². The highest BCUT2D eigenvalue weighted by Crippen LogP contribution is 2.09. The molecule has 0 fully saturated rings. The van der Waals surface area contributed by atoms with Crippen molar-refractivity contribution in [2.24, 2.45) is 0 Å². The molecule has 0 spiro atoms. The van der Waals surface area contributed by atoms with E-state index < -0.39 is 0 Å². The molecule has 0 aliphatic carbocycles. The van der Waals surface area contributed by atoms with Crippen LogP contribution in [0.1, 0.15) is 11.1 Å². The summed E-state index contributed by atoms with van der Waals surface area (Å²) >= 11 is 0. The van der Waals surface area contributed by atoms with E-state index in [-0.39, 0.29) is 0 Å². The zero-order chi connectivity index (χ0) is 8.81. The fourth-order valence-electron chi connectivity index (χ4n) is 0.913. The maximum Gasteiger partial charge on any atom is 0.0346 e. The minimum atomic E-state index is 1.05. The minimum Gasteiger partial charge on any atom is -0.394 e. The SMILES string of the molecule is C=Cc1cnccc1/C=C\NC. The quantitative estimate of drug-likeness (QED) is 0.730. The first kappa shape index (κ1) is 8.53. The Balaban J connectivity index is 2.96. The highest BCUT2D eigenvalue weighted by molar-refractivity contribution is 5.62. The summed E-state index contributed by atoms with van der Waals surface area (Å²) in [6.07, 6.45) is 9.22. The first-order valence-electron chi connectivity index (χ1n) is 3.78. The van der Waals surface area contributed by atoms with Crippen molar-refractivity contribution >= 4 is 12.2 Å². The lowest BCUT2D eigenvalue weighted by Gasteiger charge is -1.97. The molecule has 0 aromatic carbocycles. The van der Waals surface area contributed by atoms with E-state index in [1.54, 1.807) is 18.5 Å². The Hall–Kier alpha value is -1.57. The average Bonchev–Trinajstić information content (AvgIpc) is 2.15. The van der Waals surface area contributed by atoms with E-state index in [2.05, 4.69) is 16.9 Å². The summed E-state index contributed by atoms with van der Waals surface area (Å²) in [6.45, 7) is 3.71. The number of hydrogen-bond acceptors (Lipinski definition) is 2. The molecule has 1 heterocycles. The normalized spacial score (nSPS) is 10.1. The predicted molar refractivity (Wildman–Crippen MR) is 52.4 cm³/mol. The van der Waals surface area contributed by atoms with Gasteiger partial charge in [0.2, 0.25) is 0 Å². The van der Waals surface area contributed by atoms with Crippen LogP contribution in [0.15, 0.2) is 31.2 Å². The van der Waals surface area contributed by atoms with Crippen LogP contribution in [-0.2, 0) is 0 Å². The summed E-state index contributed by atoms with van der Waals surface area (Å²) in [4.78, 5) is 4.00. The van der Waals surface area contributed by atoms with Crippen molar-refractivity contribution < 1.29 is 0 Å². The molecular formula is C10H12N2. The molecule has 2 heteroatoms. The van der Waals surface area contributed by atoms with Gasteiger partial charge in [-0.05, 0) is 29.5 Å². The lowest BCUT2D eigenvalue weighted by Crippen LogP contribution is -1.91. The van der Waals surface area contributed by atoms with Crippen molar-refractivity contribution in [1.29, 1.82) is 0 Å². The van der Waals surface area contributed by atoms with Crippen molar-refractivity contribution in [2.75, 3.05) is 7.05 Å². The molecule has 1 rings (SSSR count). The zero-order valence-electron chi connectivity index (χ0n) is 7.12. The molecule has 0 saturated carbocycles. The Kier molecular flexibility index (Phi) is 3.08. The summed E-state index contributed by atoms with van der Waals surface area (Å²) in [7, 11) is 1.87. The molecule has 0 aliphatic heterocycles. The highest BCUT2D eigenvalue weighted by atomic mass is 14.8. The molecule has 1 aromatic rings. The Bertz CT molecular complexity index is 290. The summed E-state index contributed by atoms with van der Waals surface area (Å²) in [5.41, 5.74) is 2.17. The number of nitrogens with one attached hydrogen (secondary N) is 1. The molecule has 12 heavy (non-hydrogen) atoms. The van der Waals surface area contributed by atoms with Crippen LogP contribution in [0.5, 0.6) is 0 Å². The topological polar surface area (TPSA) is 24.9 Å². The fraction of sp³-hybridized carbons (Fsp3) is 0.100. The van der Waals surface area contributed by atoms with Gasteiger partial charge in [0, 0.05) is 19.4 Å². The largest absolute Gasteiger partial charge is 0.394 e. The van der Waals surface area contributed by atoms with Crippen molar-refractivity contribution in [1.82, 2.24) is 10.3 Å². The van der Waals surface area contributed by atoms with Gasteiger partial charge in [-0.2, -0.15) is 0 Å². The maximum absolute atomic E-state index is 4.00. The summed E-state index contributed by atoms with van der Waals surface area (Å²) < 4.78 is 0. The lowest BCUT2D eigenvalue weighted by molar-refractivity contribution is 1.11. The van der Waals surface area contributed by atoms with Crippen LogP contribution in [0.3, 0.4) is 0 Å². The van der Waals surface area contributed by atoms with E-state index in [9.17, 15) is 0 Å². The van der Waals surface area contributed by atoms with E-state index in [1.165, 1.54) is 0 Å². The second-order valence-corrected chi connectivity index (χ2v) is 2.33. The molecule has 62 valence electrons. The standard InChI is InChI=1S/C10H12N2/c1-3-9-8-12-7-5-10(9)4-6-11-2/h3-8,11H,1H2,2H3/b6-4-. The first-order chi connectivity index (χ1) is 5.88. The van der Waals surface area contributed by atoms with E-state index in [4.69, 9.17) is 0 Å². The van der Waals surface area contributed by atoms with Crippen LogP contribution in [-0.4, -0.2) is 12.0 Å². The number of pyridine rings is 1. The highest BCUT2D eigenvalue weighted by Gasteiger charge is 1.91. The van der Waals surface area contributed by atoms with Crippen molar-refractivity contribution in [3.63, 3.8) is 0 Å². The third-order valence-electron chi connectivity index (χ3n) is 1.54. The molecule has 0 saturated heterocycles. The number of nitrogens with zero attached hydrogens (tertiary/aromatic N) is 1. The van der Waals surface area contributed by atoms with Gasteiger partial charge in [0.1, 0.15) is 0 Å². The van der Waals surface area contributed by atoms with Gasteiger partial charge >= 0.3 is 0 Å². The van der Waals surface area contributed by atoms with Gasteiger partial charge in [0.25, 0.3) is 0 Å². The van der Waals surface area contributed by atoms with Gasteiger partial charge in [-0.1, -0.05) is 12.7 Å². The molecule has 0 amide bonds. The van der Waals surface area contributed by atoms with Crippen molar-refractivity contribution in [3.05, 3.63) is 42.4 Å². The molecule has 0 radical (unpaired) electrons. The molecule has 0 unspecified atom stereocenters. The summed E-state index contributed by atoms with van der Waals surface area (Å²) in [5, 5.41) is 2.93. The Labute approximate surface area is 72.6 Å². The molecule has 0 bridgehead atoms. The summed E-state index contributed by atoms with van der Waals surface area (Å²) in [6, 6.07) is 1.95. The third-order valence-corrected chi connectivity index (χ3v) is 1.54. The zero-order valence-corrected chi connectivity index (χ0v) is 7.12. The van der Waals surface area contributed by atoms with Crippen LogP contribution in [0.25, 0.3) is 12.2 Å². The third kappa shape index (κ3) is 1.95. The van der Waals surface area contributed by atoms with Gasteiger partial charge in [-0.3, -0.25) is 4.98 Å². The molecule has 1 N–H and O–H groups in total. The second-order valence-electron chi connectivity index (χ2n) is 2.33. The molecule has 1 aromatic heterocycles. The Morgan fingerprint density at radius 1 is 1.50 bits per heavy atom. The minimum absolute atomic E-state index is 1.05. The van der Waals surface area contributed by atoms with E-state index in [1.807, 2.05) is 25.4 Å². The Morgan fingerprint density at radius 2 is 2.33 bits per heavy atom. The predicted octanol–water partition coefficient (Wildman–Crippen LogP) is 1.91. The van der Waals surface area contributed by atoms with E-state index in [0.29, 0.717) is 0 Å². The van der Waals surface area contributed by atoms with Crippen LogP contribution in [0.2, 0.25) is 0 Å². The first-order valence-corrected chi connectivity index (χ1v) is 3.78. The van der Waals surface area contributed by atoms with Gasteiger partial charge in [-0.25, -0.2) is 0 Å². The van der Waals surface area contributed by atoms with Crippen molar-refractivity contribution in [3.8, 4) is 0 Å². The van der Waals surface area contributed by atoms with Gasteiger partial charge in [-0.15, -0.1) is 0 Å². The van der Waals surface area contributed by atoms with Crippen LogP contribution >= 0.6 is 0 Å². The molecule has 2 nitrogen and oxygen atoms in total. The van der Waals surface area contributed by atoms with Gasteiger partial charge in [0.05, 0.1) is 0 Å². The lowest BCUT2D eigenvalue weighted by atomic mass is 10.1. The fourth-order valence-corrected chi connectivity index (χ4v) is 0.913. The van der Waals surface area contributed by atoms with Gasteiger partial charge < -0.3 is 5.32 Å². The van der Waals surface area contributed by atoms with E-state index in [0.717, 1.165) is 11.1 Å². The smallest absolute Gasteiger partial charge is 0.0346 e.